The molecule has 1 aromatic heterocycles. The summed E-state index contributed by atoms with van der Waals surface area (Å²) in [6, 6.07) is 2.43. The highest BCUT2D eigenvalue weighted by Crippen LogP contribution is 2.16. The standard InChI is InChI=1S/C13H25N3O/c1-6-10(2)16-8-7-11(15-16)9-12(14)13(3,4)17-5/h7-8,10,12H,6,9,14H2,1-5H3. The molecule has 0 saturated heterocycles. The number of aromatic nitrogens is 2. The van der Waals surface area contributed by atoms with E-state index in [1.807, 2.05) is 30.8 Å². The summed E-state index contributed by atoms with van der Waals surface area (Å²) in [5, 5.41) is 4.55. The van der Waals surface area contributed by atoms with Crippen molar-refractivity contribution in [2.45, 2.75) is 58.2 Å². The van der Waals surface area contributed by atoms with Gasteiger partial charge in [-0.3, -0.25) is 4.68 Å². The maximum atomic E-state index is 6.14. The predicted octanol–water partition coefficient (Wildman–Crippen LogP) is 2.15. The molecule has 0 bridgehead atoms. The molecule has 98 valence electrons. The van der Waals surface area contributed by atoms with Crippen LogP contribution in [0.2, 0.25) is 0 Å². The van der Waals surface area contributed by atoms with Crippen molar-refractivity contribution in [2.75, 3.05) is 7.11 Å². The summed E-state index contributed by atoms with van der Waals surface area (Å²) >= 11 is 0. The van der Waals surface area contributed by atoms with E-state index >= 15 is 0 Å². The molecule has 0 radical (unpaired) electrons. The van der Waals surface area contributed by atoms with Gasteiger partial charge in [0.15, 0.2) is 0 Å². The molecule has 1 aromatic rings. The van der Waals surface area contributed by atoms with Crippen molar-refractivity contribution in [3.05, 3.63) is 18.0 Å². The summed E-state index contributed by atoms with van der Waals surface area (Å²) in [7, 11) is 1.69. The van der Waals surface area contributed by atoms with Crippen molar-refractivity contribution in [1.82, 2.24) is 9.78 Å². The van der Waals surface area contributed by atoms with E-state index in [9.17, 15) is 0 Å². The van der Waals surface area contributed by atoms with E-state index in [-0.39, 0.29) is 11.6 Å². The molecule has 0 fully saturated rings. The van der Waals surface area contributed by atoms with E-state index in [4.69, 9.17) is 10.5 Å². The molecule has 0 spiro atoms. The number of nitrogens with two attached hydrogens (primary N) is 1. The minimum absolute atomic E-state index is 0.0483. The Balaban J connectivity index is 2.66. The lowest BCUT2D eigenvalue weighted by Crippen LogP contribution is -2.46. The molecule has 4 nitrogen and oxygen atoms in total. The Bertz CT molecular complexity index is 346. The first kappa shape index (κ1) is 14.2. The third-order valence-electron chi connectivity index (χ3n) is 3.55. The van der Waals surface area contributed by atoms with Gasteiger partial charge in [0, 0.05) is 31.8 Å². The van der Waals surface area contributed by atoms with Crippen LogP contribution in [0.25, 0.3) is 0 Å². The zero-order chi connectivity index (χ0) is 13.1. The molecule has 2 N–H and O–H groups in total. The number of hydrogen-bond donors (Lipinski definition) is 1. The Morgan fingerprint density at radius 2 is 2.18 bits per heavy atom. The van der Waals surface area contributed by atoms with Crippen LogP contribution in [0.3, 0.4) is 0 Å². The van der Waals surface area contributed by atoms with Gasteiger partial charge in [0.05, 0.1) is 11.3 Å². The molecule has 0 aliphatic rings. The average molecular weight is 239 g/mol. The van der Waals surface area contributed by atoms with Crippen LogP contribution < -0.4 is 5.73 Å². The topological polar surface area (TPSA) is 53.1 Å². The third-order valence-corrected chi connectivity index (χ3v) is 3.55. The van der Waals surface area contributed by atoms with Gasteiger partial charge in [0.1, 0.15) is 0 Å². The fourth-order valence-electron chi connectivity index (χ4n) is 1.54. The number of nitrogens with zero attached hydrogens (tertiary/aromatic N) is 2. The lowest BCUT2D eigenvalue weighted by molar-refractivity contribution is 0.000541. The molecular formula is C13H25N3O. The molecule has 0 amide bonds. The minimum Gasteiger partial charge on any atom is -0.377 e. The molecule has 0 aromatic carbocycles. The second-order valence-electron chi connectivity index (χ2n) is 5.16. The Labute approximate surface area is 104 Å². The third kappa shape index (κ3) is 3.54. The van der Waals surface area contributed by atoms with Crippen LogP contribution in [0.5, 0.6) is 0 Å². The molecule has 4 heteroatoms. The van der Waals surface area contributed by atoms with Crippen molar-refractivity contribution in [1.29, 1.82) is 0 Å². The SMILES string of the molecule is CCC(C)n1ccc(CC(N)C(C)(C)OC)n1. The molecule has 2 unspecified atom stereocenters. The van der Waals surface area contributed by atoms with Gasteiger partial charge in [-0.2, -0.15) is 5.10 Å². The zero-order valence-electron chi connectivity index (χ0n) is 11.6. The molecular weight excluding hydrogens is 214 g/mol. The van der Waals surface area contributed by atoms with E-state index in [2.05, 4.69) is 18.9 Å². The van der Waals surface area contributed by atoms with Gasteiger partial charge in [-0.05, 0) is 33.3 Å². The number of methoxy groups -OCH3 is 1. The van der Waals surface area contributed by atoms with E-state index < -0.39 is 0 Å². The molecule has 0 aliphatic carbocycles. The van der Waals surface area contributed by atoms with Crippen molar-refractivity contribution >= 4 is 0 Å². The Kier molecular flexibility index (Phi) is 4.71. The highest BCUT2D eigenvalue weighted by Gasteiger charge is 2.26. The quantitative estimate of drug-likeness (QED) is 0.827. The average Bonchev–Trinajstić information content (AvgIpc) is 2.76. The molecule has 0 saturated carbocycles. The van der Waals surface area contributed by atoms with Gasteiger partial charge in [-0.25, -0.2) is 0 Å². The minimum atomic E-state index is -0.319. The Morgan fingerprint density at radius 1 is 1.53 bits per heavy atom. The first-order valence-electron chi connectivity index (χ1n) is 6.25. The lowest BCUT2D eigenvalue weighted by atomic mass is 9.95. The fraction of sp³-hybridized carbons (Fsp3) is 0.769. The van der Waals surface area contributed by atoms with Crippen molar-refractivity contribution < 1.29 is 4.74 Å². The Morgan fingerprint density at radius 3 is 2.71 bits per heavy atom. The summed E-state index contributed by atoms with van der Waals surface area (Å²) in [5.41, 5.74) is 6.85. The second-order valence-corrected chi connectivity index (χ2v) is 5.16. The summed E-state index contributed by atoms with van der Waals surface area (Å²) in [6.45, 7) is 8.33. The number of hydrogen-bond acceptors (Lipinski definition) is 3. The first-order valence-corrected chi connectivity index (χ1v) is 6.25. The van der Waals surface area contributed by atoms with Crippen LogP contribution in [0.15, 0.2) is 12.3 Å². The van der Waals surface area contributed by atoms with E-state index in [1.165, 1.54) is 0 Å². The van der Waals surface area contributed by atoms with Crippen LogP contribution >= 0.6 is 0 Å². The predicted molar refractivity (Wildman–Crippen MR) is 70.0 cm³/mol. The molecule has 0 aliphatic heterocycles. The van der Waals surface area contributed by atoms with Crippen LogP contribution in [-0.4, -0.2) is 28.5 Å². The van der Waals surface area contributed by atoms with Crippen LogP contribution in [0.4, 0.5) is 0 Å². The van der Waals surface area contributed by atoms with Crippen LogP contribution in [0, 0.1) is 0 Å². The van der Waals surface area contributed by atoms with Gasteiger partial charge in [0.25, 0.3) is 0 Å². The number of rotatable bonds is 6. The summed E-state index contributed by atoms with van der Waals surface area (Å²) in [4.78, 5) is 0. The molecule has 2 atom stereocenters. The largest absolute Gasteiger partial charge is 0.377 e. The van der Waals surface area contributed by atoms with Gasteiger partial charge in [-0.15, -0.1) is 0 Å². The van der Waals surface area contributed by atoms with Crippen molar-refractivity contribution in [3.63, 3.8) is 0 Å². The fourth-order valence-corrected chi connectivity index (χ4v) is 1.54. The maximum absolute atomic E-state index is 6.14. The summed E-state index contributed by atoms with van der Waals surface area (Å²) in [5.74, 6) is 0. The van der Waals surface area contributed by atoms with Gasteiger partial charge < -0.3 is 10.5 Å². The lowest BCUT2D eigenvalue weighted by Gasteiger charge is -2.29. The normalized spacial score (nSPS) is 15.9. The zero-order valence-corrected chi connectivity index (χ0v) is 11.6. The van der Waals surface area contributed by atoms with Crippen LogP contribution in [0.1, 0.15) is 45.9 Å². The molecule has 1 heterocycles. The number of ether oxygens (including phenoxy) is 1. The smallest absolute Gasteiger partial charge is 0.0776 e. The Hall–Kier alpha value is -0.870. The van der Waals surface area contributed by atoms with Gasteiger partial charge in [-0.1, -0.05) is 6.92 Å². The van der Waals surface area contributed by atoms with Gasteiger partial charge in [0.2, 0.25) is 0 Å². The second kappa shape index (κ2) is 5.65. The molecule has 17 heavy (non-hydrogen) atoms. The monoisotopic (exact) mass is 239 g/mol. The van der Waals surface area contributed by atoms with E-state index in [0.717, 1.165) is 18.5 Å². The van der Waals surface area contributed by atoms with E-state index in [0.29, 0.717) is 6.04 Å². The van der Waals surface area contributed by atoms with Gasteiger partial charge >= 0.3 is 0 Å². The van der Waals surface area contributed by atoms with Crippen LogP contribution in [-0.2, 0) is 11.2 Å². The summed E-state index contributed by atoms with van der Waals surface area (Å²) in [6.07, 6.45) is 3.84. The van der Waals surface area contributed by atoms with Crippen molar-refractivity contribution in [2.24, 2.45) is 5.73 Å². The first-order chi connectivity index (χ1) is 7.90. The van der Waals surface area contributed by atoms with E-state index in [1.54, 1.807) is 7.11 Å². The van der Waals surface area contributed by atoms with Crippen molar-refractivity contribution in [3.8, 4) is 0 Å². The summed E-state index contributed by atoms with van der Waals surface area (Å²) < 4.78 is 7.39. The maximum Gasteiger partial charge on any atom is 0.0776 e. The molecule has 1 rings (SSSR count). The highest BCUT2D eigenvalue weighted by atomic mass is 16.5. The highest BCUT2D eigenvalue weighted by molar-refractivity contribution is 5.04.